The number of nitrogens with two attached hydrogens (primary N) is 1. The summed E-state index contributed by atoms with van der Waals surface area (Å²) < 4.78 is 13.3. The maximum atomic E-state index is 13.3. The van der Waals surface area contributed by atoms with Crippen LogP contribution in [-0.2, 0) is 0 Å². The number of halogens is 2. The van der Waals surface area contributed by atoms with Gasteiger partial charge < -0.3 is 10.7 Å². The SMILES string of the molecule is NNc1ccc([N+](=O)[O-])c(Nc2ccc(Cl)c(F)c2)n1. The van der Waals surface area contributed by atoms with Gasteiger partial charge in [0.2, 0.25) is 5.82 Å². The summed E-state index contributed by atoms with van der Waals surface area (Å²) in [6.07, 6.45) is 0. The van der Waals surface area contributed by atoms with Crippen LogP contribution in [0.3, 0.4) is 0 Å². The third-order valence-corrected chi connectivity index (χ3v) is 2.71. The van der Waals surface area contributed by atoms with Crippen LogP contribution >= 0.6 is 11.6 Å². The van der Waals surface area contributed by atoms with Crippen molar-refractivity contribution >= 4 is 34.6 Å². The molecule has 20 heavy (non-hydrogen) atoms. The number of nitrogens with zero attached hydrogens (tertiary/aromatic N) is 2. The maximum Gasteiger partial charge on any atom is 0.311 e. The standard InChI is InChI=1S/C11H9ClFN5O2/c12-7-2-1-6(5-8(7)13)15-11-9(18(19)20)3-4-10(16-11)17-14/h1-5H,14H2,(H2,15,16,17). The van der Waals surface area contributed by atoms with Crippen LogP contribution in [0.15, 0.2) is 30.3 Å². The minimum Gasteiger partial charge on any atom is -0.334 e. The normalized spacial score (nSPS) is 10.2. The first kappa shape index (κ1) is 14.0. The van der Waals surface area contributed by atoms with Gasteiger partial charge in [-0.3, -0.25) is 10.1 Å². The molecule has 0 saturated heterocycles. The van der Waals surface area contributed by atoms with Crippen molar-refractivity contribution in [1.82, 2.24) is 4.98 Å². The van der Waals surface area contributed by atoms with Gasteiger partial charge in [0.25, 0.3) is 0 Å². The zero-order valence-corrected chi connectivity index (χ0v) is 10.7. The summed E-state index contributed by atoms with van der Waals surface area (Å²) in [7, 11) is 0. The Morgan fingerprint density at radius 1 is 1.35 bits per heavy atom. The number of hydrazine groups is 1. The Morgan fingerprint density at radius 2 is 2.10 bits per heavy atom. The van der Waals surface area contributed by atoms with Crippen LogP contribution in [0.2, 0.25) is 5.02 Å². The van der Waals surface area contributed by atoms with E-state index in [-0.39, 0.29) is 28.0 Å². The monoisotopic (exact) mass is 297 g/mol. The van der Waals surface area contributed by atoms with Gasteiger partial charge in [-0.15, -0.1) is 0 Å². The van der Waals surface area contributed by atoms with E-state index in [9.17, 15) is 14.5 Å². The zero-order valence-electron chi connectivity index (χ0n) is 9.93. The van der Waals surface area contributed by atoms with Crippen LogP contribution in [0.4, 0.5) is 27.4 Å². The van der Waals surface area contributed by atoms with Crippen molar-refractivity contribution in [3.05, 3.63) is 51.3 Å². The molecule has 0 aliphatic carbocycles. The molecule has 2 rings (SSSR count). The Balaban J connectivity index is 2.40. The number of hydrogen-bond acceptors (Lipinski definition) is 6. The van der Waals surface area contributed by atoms with Gasteiger partial charge in [0.05, 0.1) is 9.95 Å². The smallest absolute Gasteiger partial charge is 0.311 e. The first-order valence-electron chi connectivity index (χ1n) is 5.35. The highest BCUT2D eigenvalue weighted by Crippen LogP contribution is 2.28. The lowest BCUT2D eigenvalue weighted by Gasteiger charge is -2.08. The molecule has 0 unspecified atom stereocenters. The molecule has 0 fully saturated rings. The van der Waals surface area contributed by atoms with Gasteiger partial charge in [-0.1, -0.05) is 11.6 Å². The Hall–Kier alpha value is -2.45. The van der Waals surface area contributed by atoms with E-state index in [2.05, 4.69) is 15.7 Å². The van der Waals surface area contributed by atoms with Gasteiger partial charge in [0.15, 0.2) is 0 Å². The quantitative estimate of drug-likeness (QED) is 0.455. The van der Waals surface area contributed by atoms with Gasteiger partial charge >= 0.3 is 5.69 Å². The van der Waals surface area contributed by atoms with E-state index in [4.69, 9.17) is 17.4 Å². The molecule has 1 heterocycles. The summed E-state index contributed by atoms with van der Waals surface area (Å²) in [5.41, 5.74) is 2.28. The molecule has 2 aromatic rings. The van der Waals surface area contributed by atoms with Gasteiger partial charge in [-0.25, -0.2) is 15.2 Å². The first-order chi connectivity index (χ1) is 9.51. The third kappa shape index (κ3) is 2.92. The fourth-order valence-corrected chi connectivity index (χ4v) is 1.60. The molecule has 7 nitrogen and oxygen atoms in total. The first-order valence-corrected chi connectivity index (χ1v) is 5.73. The molecule has 0 amide bonds. The van der Waals surface area contributed by atoms with Crippen LogP contribution in [0.5, 0.6) is 0 Å². The summed E-state index contributed by atoms with van der Waals surface area (Å²) >= 11 is 5.56. The van der Waals surface area contributed by atoms with Crippen molar-refractivity contribution in [3.63, 3.8) is 0 Å². The Bertz CT molecular complexity index is 667. The van der Waals surface area contributed by atoms with Crippen molar-refractivity contribution in [2.75, 3.05) is 10.7 Å². The number of benzene rings is 1. The number of pyridine rings is 1. The average Bonchev–Trinajstić information content (AvgIpc) is 2.42. The predicted molar refractivity (Wildman–Crippen MR) is 73.4 cm³/mol. The second-order valence-corrected chi connectivity index (χ2v) is 4.13. The maximum absolute atomic E-state index is 13.3. The highest BCUT2D eigenvalue weighted by molar-refractivity contribution is 6.30. The Morgan fingerprint density at radius 3 is 2.70 bits per heavy atom. The summed E-state index contributed by atoms with van der Waals surface area (Å²) in [4.78, 5) is 14.2. The minimum absolute atomic E-state index is 0.0459. The van der Waals surface area contributed by atoms with Crippen molar-refractivity contribution in [2.45, 2.75) is 0 Å². The van der Waals surface area contributed by atoms with Gasteiger partial charge in [0, 0.05) is 11.8 Å². The number of anilines is 3. The van der Waals surface area contributed by atoms with Crippen LogP contribution < -0.4 is 16.6 Å². The number of rotatable bonds is 4. The Labute approximate surface area is 117 Å². The second-order valence-electron chi connectivity index (χ2n) is 3.72. The summed E-state index contributed by atoms with van der Waals surface area (Å²) in [6.45, 7) is 0. The van der Waals surface area contributed by atoms with E-state index < -0.39 is 10.7 Å². The van der Waals surface area contributed by atoms with Crippen LogP contribution in [-0.4, -0.2) is 9.91 Å². The van der Waals surface area contributed by atoms with Crippen molar-refractivity contribution in [1.29, 1.82) is 0 Å². The molecule has 0 aliphatic rings. The molecule has 4 N–H and O–H groups in total. The number of aromatic nitrogens is 1. The van der Waals surface area contributed by atoms with E-state index in [0.29, 0.717) is 0 Å². The lowest BCUT2D eigenvalue weighted by molar-refractivity contribution is -0.384. The highest BCUT2D eigenvalue weighted by Gasteiger charge is 2.16. The molecule has 0 saturated carbocycles. The van der Waals surface area contributed by atoms with Crippen LogP contribution in [0, 0.1) is 15.9 Å². The average molecular weight is 298 g/mol. The van der Waals surface area contributed by atoms with E-state index >= 15 is 0 Å². The lowest BCUT2D eigenvalue weighted by Crippen LogP contribution is -2.10. The molecule has 1 aromatic carbocycles. The summed E-state index contributed by atoms with van der Waals surface area (Å²) in [5.74, 6) is 4.72. The summed E-state index contributed by atoms with van der Waals surface area (Å²) in [5, 5.41) is 13.5. The zero-order chi connectivity index (χ0) is 14.7. The number of nitrogen functional groups attached to an aromatic ring is 1. The summed E-state index contributed by atoms with van der Waals surface area (Å²) in [6, 6.07) is 6.49. The molecule has 9 heteroatoms. The fraction of sp³-hybridized carbons (Fsp3) is 0. The molecule has 0 spiro atoms. The molecular formula is C11H9ClFN5O2. The van der Waals surface area contributed by atoms with E-state index in [1.807, 2.05) is 0 Å². The number of nitrogens with one attached hydrogen (secondary N) is 2. The molecule has 1 aromatic heterocycles. The predicted octanol–water partition coefficient (Wildman–Crippen LogP) is 2.81. The van der Waals surface area contributed by atoms with E-state index in [0.717, 1.165) is 6.07 Å². The van der Waals surface area contributed by atoms with Gasteiger partial charge in [0.1, 0.15) is 11.6 Å². The third-order valence-electron chi connectivity index (χ3n) is 2.40. The van der Waals surface area contributed by atoms with Gasteiger partial charge in [-0.2, -0.15) is 0 Å². The fourth-order valence-electron chi connectivity index (χ4n) is 1.48. The van der Waals surface area contributed by atoms with Crippen molar-refractivity contribution < 1.29 is 9.31 Å². The Kier molecular flexibility index (Phi) is 3.97. The lowest BCUT2D eigenvalue weighted by atomic mass is 10.3. The molecule has 0 aliphatic heterocycles. The number of hydrogen-bond donors (Lipinski definition) is 3. The largest absolute Gasteiger partial charge is 0.334 e. The molecule has 0 bridgehead atoms. The second kappa shape index (κ2) is 5.68. The van der Waals surface area contributed by atoms with E-state index in [1.54, 1.807) is 0 Å². The molecule has 0 radical (unpaired) electrons. The minimum atomic E-state index is -0.646. The molecule has 104 valence electrons. The van der Waals surface area contributed by atoms with Gasteiger partial charge in [-0.05, 0) is 24.3 Å². The number of nitro groups is 1. The van der Waals surface area contributed by atoms with Crippen molar-refractivity contribution in [3.8, 4) is 0 Å². The molecular weight excluding hydrogens is 289 g/mol. The molecule has 0 atom stereocenters. The van der Waals surface area contributed by atoms with Crippen LogP contribution in [0.1, 0.15) is 0 Å². The van der Waals surface area contributed by atoms with Crippen LogP contribution in [0.25, 0.3) is 0 Å². The van der Waals surface area contributed by atoms with E-state index in [1.165, 1.54) is 24.3 Å². The highest BCUT2D eigenvalue weighted by atomic mass is 35.5. The topological polar surface area (TPSA) is 106 Å². The van der Waals surface area contributed by atoms with Crippen molar-refractivity contribution in [2.24, 2.45) is 5.84 Å².